The Kier molecular flexibility index (Phi) is 2.84. The Bertz CT molecular complexity index is 456. The Hall–Kier alpha value is -2.12. The van der Waals surface area contributed by atoms with Crippen LogP contribution in [0.25, 0.3) is 0 Å². The SMILES string of the molecule is N=C(N)c1c(F)c(F)c(F)c(C(=N)N)c1F. The number of nitrogens with one attached hydrogen (secondary N) is 2. The molecule has 0 aliphatic carbocycles. The van der Waals surface area contributed by atoms with Crippen molar-refractivity contribution in [2.45, 2.75) is 0 Å². The smallest absolute Gasteiger partial charge is 0.196 e. The van der Waals surface area contributed by atoms with Gasteiger partial charge in [0.2, 0.25) is 0 Å². The molecule has 0 bridgehead atoms. The molecule has 1 aromatic rings. The lowest BCUT2D eigenvalue weighted by molar-refractivity contribution is 0.431. The van der Waals surface area contributed by atoms with E-state index in [9.17, 15) is 17.6 Å². The molecule has 0 spiro atoms. The molecule has 0 amide bonds. The van der Waals surface area contributed by atoms with E-state index in [0.29, 0.717) is 0 Å². The summed E-state index contributed by atoms with van der Waals surface area (Å²) in [6.45, 7) is 0. The van der Waals surface area contributed by atoms with Gasteiger partial charge in [0, 0.05) is 0 Å². The van der Waals surface area contributed by atoms with Gasteiger partial charge < -0.3 is 11.5 Å². The molecule has 86 valence electrons. The van der Waals surface area contributed by atoms with Crippen molar-refractivity contribution in [3.8, 4) is 0 Å². The maximum absolute atomic E-state index is 13.4. The number of rotatable bonds is 2. The van der Waals surface area contributed by atoms with Crippen LogP contribution in [0.15, 0.2) is 0 Å². The molecule has 0 saturated heterocycles. The lowest BCUT2D eigenvalue weighted by Gasteiger charge is -2.09. The Morgan fingerprint density at radius 2 is 1.00 bits per heavy atom. The largest absolute Gasteiger partial charge is 0.384 e. The normalized spacial score (nSPS) is 10.2. The molecule has 16 heavy (non-hydrogen) atoms. The first-order valence-electron chi connectivity index (χ1n) is 3.83. The van der Waals surface area contributed by atoms with E-state index >= 15 is 0 Å². The number of hydrogen-bond acceptors (Lipinski definition) is 2. The van der Waals surface area contributed by atoms with Crippen molar-refractivity contribution in [1.29, 1.82) is 10.8 Å². The fourth-order valence-corrected chi connectivity index (χ4v) is 1.11. The lowest BCUT2D eigenvalue weighted by atomic mass is 10.1. The highest BCUT2D eigenvalue weighted by molar-refractivity contribution is 6.01. The van der Waals surface area contributed by atoms with E-state index in [2.05, 4.69) is 0 Å². The summed E-state index contributed by atoms with van der Waals surface area (Å²) >= 11 is 0. The molecule has 1 aromatic carbocycles. The summed E-state index contributed by atoms with van der Waals surface area (Å²) in [7, 11) is 0. The molecule has 6 N–H and O–H groups in total. The van der Waals surface area contributed by atoms with Crippen molar-refractivity contribution in [3.05, 3.63) is 34.4 Å². The molecular weight excluding hydrogens is 228 g/mol. The van der Waals surface area contributed by atoms with Gasteiger partial charge in [0.1, 0.15) is 11.7 Å². The van der Waals surface area contributed by atoms with E-state index in [4.69, 9.17) is 22.3 Å². The second-order valence-corrected chi connectivity index (χ2v) is 2.83. The summed E-state index contributed by atoms with van der Waals surface area (Å²) in [4.78, 5) is 0. The topological polar surface area (TPSA) is 99.7 Å². The quantitative estimate of drug-likeness (QED) is 0.200. The minimum Gasteiger partial charge on any atom is -0.384 e. The van der Waals surface area contributed by atoms with Crippen LogP contribution in [-0.4, -0.2) is 11.7 Å². The third-order valence-electron chi connectivity index (χ3n) is 1.80. The average Bonchev–Trinajstić information content (AvgIpc) is 2.13. The van der Waals surface area contributed by atoms with Gasteiger partial charge in [-0.2, -0.15) is 0 Å². The van der Waals surface area contributed by atoms with Gasteiger partial charge in [0.25, 0.3) is 0 Å². The number of amidine groups is 2. The van der Waals surface area contributed by atoms with Gasteiger partial charge in [0.15, 0.2) is 23.3 Å². The van der Waals surface area contributed by atoms with Gasteiger partial charge in [-0.3, -0.25) is 10.8 Å². The van der Waals surface area contributed by atoms with Crippen molar-refractivity contribution in [3.63, 3.8) is 0 Å². The molecular formula is C8H6F4N4. The Labute approximate surface area is 86.9 Å². The highest BCUT2D eigenvalue weighted by Gasteiger charge is 2.27. The van der Waals surface area contributed by atoms with Crippen LogP contribution in [0.1, 0.15) is 11.1 Å². The molecule has 0 saturated carbocycles. The van der Waals surface area contributed by atoms with Crippen LogP contribution < -0.4 is 11.5 Å². The van der Waals surface area contributed by atoms with Gasteiger partial charge >= 0.3 is 0 Å². The van der Waals surface area contributed by atoms with Gasteiger partial charge in [-0.25, -0.2) is 17.6 Å². The van der Waals surface area contributed by atoms with Gasteiger partial charge in [-0.05, 0) is 0 Å². The maximum atomic E-state index is 13.4. The van der Waals surface area contributed by atoms with E-state index in [1.54, 1.807) is 0 Å². The summed E-state index contributed by atoms with van der Waals surface area (Å²) in [6.07, 6.45) is 0. The van der Waals surface area contributed by atoms with Crippen LogP contribution in [0, 0.1) is 34.1 Å². The van der Waals surface area contributed by atoms with Crippen molar-refractivity contribution in [2.75, 3.05) is 0 Å². The minimum atomic E-state index is -2.03. The first kappa shape index (κ1) is 12.0. The van der Waals surface area contributed by atoms with Gasteiger partial charge in [0.05, 0.1) is 11.1 Å². The standard InChI is InChI=1S/C8H6F4N4/c9-3-1(7(13)14)4(10)6(12)5(11)2(3)8(15)16/h(H3,13,14)(H3,15,16). The number of nitrogen functional groups attached to an aromatic ring is 2. The molecule has 0 fully saturated rings. The maximum Gasteiger partial charge on any atom is 0.196 e. The highest BCUT2D eigenvalue weighted by Crippen LogP contribution is 2.23. The Morgan fingerprint density at radius 1 is 0.688 bits per heavy atom. The first-order chi connectivity index (χ1) is 7.29. The van der Waals surface area contributed by atoms with Gasteiger partial charge in [-0.15, -0.1) is 0 Å². The van der Waals surface area contributed by atoms with Crippen molar-refractivity contribution >= 4 is 11.7 Å². The molecule has 0 aromatic heterocycles. The average molecular weight is 234 g/mol. The predicted octanol–water partition coefficient (Wildman–Crippen LogP) is 0.811. The van der Waals surface area contributed by atoms with Crippen molar-refractivity contribution in [2.24, 2.45) is 11.5 Å². The van der Waals surface area contributed by atoms with Crippen LogP contribution in [0.5, 0.6) is 0 Å². The summed E-state index contributed by atoms with van der Waals surface area (Å²) in [5.74, 6) is -9.80. The minimum absolute atomic E-state index is 1.13. The fourth-order valence-electron chi connectivity index (χ4n) is 1.11. The molecule has 0 heterocycles. The zero-order chi connectivity index (χ0) is 12.6. The summed E-state index contributed by atoms with van der Waals surface area (Å²) in [5.41, 5.74) is 7.12. The number of halogens is 4. The summed E-state index contributed by atoms with van der Waals surface area (Å²) < 4.78 is 52.4. The van der Waals surface area contributed by atoms with Crippen LogP contribution in [0.3, 0.4) is 0 Å². The van der Waals surface area contributed by atoms with Crippen LogP contribution in [-0.2, 0) is 0 Å². The van der Waals surface area contributed by atoms with E-state index in [1.165, 1.54) is 0 Å². The summed E-state index contributed by atoms with van der Waals surface area (Å²) in [6, 6.07) is 0. The molecule has 0 aliphatic rings. The fraction of sp³-hybridized carbons (Fsp3) is 0. The Morgan fingerprint density at radius 3 is 1.25 bits per heavy atom. The van der Waals surface area contributed by atoms with E-state index in [1.807, 2.05) is 0 Å². The second-order valence-electron chi connectivity index (χ2n) is 2.83. The Balaban J connectivity index is 3.80. The monoisotopic (exact) mass is 234 g/mol. The van der Waals surface area contributed by atoms with E-state index < -0.39 is 46.1 Å². The van der Waals surface area contributed by atoms with E-state index in [-0.39, 0.29) is 0 Å². The highest BCUT2D eigenvalue weighted by atomic mass is 19.2. The molecule has 0 unspecified atom stereocenters. The van der Waals surface area contributed by atoms with Crippen molar-refractivity contribution < 1.29 is 17.6 Å². The zero-order valence-electron chi connectivity index (χ0n) is 7.67. The van der Waals surface area contributed by atoms with Crippen LogP contribution >= 0.6 is 0 Å². The van der Waals surface area contributed by atoms with E-state index in [0.717, 1.165) is 0 Å². The molecule has 4 nitrogen and oxygen atoms in total. The number of benzene rings is 1. The second kappa shape index (κ2) is 3.80. The first-order valence-corrected chi connectivity index (χ1v) is 3.83. The number of nitrogens with two attached hydrogens (primary N) is 2. The zero-order valence-corrected chi connectivity index (χ0v) is 7.67. The molecule has 1 rings (SSSR count). The number of hydrogen-bond donors (Lipinski definition) is 4. The van der Waals surface area contributed by atoms with Crippen molar-refractivity contribution in [1.82, 2.24) is 0 Å². The third-order valence-corrected chi connectivity index (χ3v) is 1.80. The summed E-state index contributed by atoms with van der Waals surface area (Å²) in [5, 5.41) is 13.6. The van der Waals surface area contributed by atoms with Crippen LogP contribution in [0.2, 0.25) is 0 Å². The molecule has 0 atom stereocenters. The van der Waals surface area contributed by atoms with Crippen LogP contribution in [0.4, 0.5) is 17.6 Å². The molecule has 8 heteroatoms. The molecule has 0 aliphatic heterocycles. The third kappa shape index (κ3) is 1.58. The molecule has 0 radical (unpaired) electrons. The van der Waals surface area contributed by atoms with Gasteiger partial charge in [-0.1, -0.05) is 0 Å². The lowest BCUT2D eigenvalue weighted by Crippen LogP contribution is -2.24. The predicted molar refractivity (Wildman–Crippen MR) is 48.3 cm³/mol.